The highest BCUT2D eigenvalue weighted by molar-refractivity contribution is 6.28. The lowest BCUT2D eigenvalue weighted by molar-refractivity contribution is 0.591. The Kier molecular flexibility index (Phi) is 5.97. The molecule has 52 heavy (non-hydrogen) atoms. The molecule has 0 aliphatic heterocycles. The standard InChI is InChI=1S/C50H34O2/c1-50(2,3)35-24-33-18-22-40-42(30-14-12-29(13-15-30)31-16-20-38-36-8-4-6-10-44(36)51-46(38)26-31)28-43(41-23-19-34(25-35)48(33)49(40)41)32-17-21-39-37-9-5-7-11-45(37)52-47(39)27-32/h4-28H,1-3H3. The molecule has 0 bridgehead atoms. The largest absolute Gasteiger partial charge is 0.456 e. The molecule has 0 N–H and O–H groups in total. The summed E-state index contributed by atoms with van der Waals surface area (Å²) in [6.07, 6.45) is 0. The van der Waals surface area contributed by atoms with Crippen molar-refractivity contribution in [1.29, 1.82) is 0 Å². The number of furan rings is 2. The molecule has 2 heteroatoms. The maximum Gasteiger partial charge on any atom is 0.136 e. The Hall–Kier alpha value is -6.38. The van der Waals surface area contributed by atoms with E-state index in [4.69, 9.17) is 8.83 Å². The minimum Gasteiger partial charge on any atom is -0.456 e. The first-order chi connectivity index (χ1) is 25.4. The third-order valence-electron chi connectivity index (χ3n) is 11.2. The summed E-state index contributed by atoms with van der Waals surface area (Å²) in [4.78, 5) is 0. The van der Waals surface area contributed by atoms with Gasteiger partial charge in [-0.1, -0.05) is 130 Å². The van der Waals surface area contributed by atoms with E-state index in [0.29, 0.717) is 0 Å². The lowest BCUT2D eigenvalue weighted by Crippen LogP contribution is -2.10. The van der Waals surface area contributed by atoms with Gasteiger partial charge in [-0.25, -0.2) is 0 Å². The van der Waals surface area contributed by atoms with Gasteiger partial charge >= 0.3 is 0 Å². The van der Waals surface area contributed by atoms with Crippen LogP contribution in [0.25, 0.3) is 110 Å². The van der Waals surface area contributed by atoms with Gasteiger partial charge in [-0.3, -0.25) is 0 Å². The first-order valence-corrected chi connectivity index (χ1v) is 18.1. The fourth-order valence-corrected chi connectivity index (χ4v) is 8.47. The van der Waals surface area contributed by atoms with E-state index in [1.54, 1.807) is 0 Å². The van der Waals surface area contributed by atoms with Gasteiger partial charge in [-0.2, -0.15) is 0 Å². The van der Waals surface area contributed by atoms with Gasteiger partial charge < -0.3 is 8.83 Å². The number of hydrogen-bond acceptors (Lipinski definition) is 2. The summed E-state index contributed by atoms with van der Waals surface area (Å²) in [6.45, 7) is 6.88. The van der Waals surface area contributed by atoms with Gasteiger partial charge in [0.2, 0.25) is 0 Å². The monoisotopic (exact) mass is 666 g/mol. The van der Waals surface area contributed by atoms with Gasteiger partial charge in [-0.15, -0.1) is 0 Å². The molecule has 0 aliphatic rings. The predicted octanol–water partition coefficient (Wildman–Crippen LogP) is 14.7. The van der Waals surface area contributed by atoms with E-state index in [1.165, 1.54) is 54.6 Å². The van der Waals surface area contributed by atoms with Crippen LogP contribution in [0, 0.1) is 0 Å². The molecule has 0 saturated heterocycles. The highest BCUT2D eigenvalue weighted by Gasteiger charge is 2.21. The summed E-state index contributed by atoms with van der Waals surface area (Å²) < 4.78 is 12.6. The Morgan fingerprint density at radius 2 is 0.808 bits per heavy atom. The Morgan fingerprint density at radius 3 is 1.40 bits per heavy atom. The molecule has 2 aromatic heterocycles. The molecular weight excluding hydrogens is 633 g/mol. The Balaban J connectivity index is 1.12. The van der Waals surface area contributed by atoms with Crippen LogP contribution in [0.4, 0.5) is 0 Å². The summed E-state index contributed by atoms with van der Waals surface area (Å²) in [5.41, 5.74) is 12.1. The summed E-state index contributed by atoms with van der Waals surface area (Å²) in [5.74, 6) is 0. The summed E-state index contributed by atoms with van der Waals surface area (Å²) in [7, 11) is 0. The van der Waals surface area contributed by atoms with Gasteiger partial charge in [0.1, 0.15) is 22.3 Å². The van der Waals surface area contributed by atoms with Crippen molar-refractivity contribution in [2.24, 2.45) is 0 Å². The summed E-state index contributed by atoms with van der Waals surface area (Å²) >= 11 is 0. The molecule has 0 saturated carbocycles. The van der Waals surface area contributed by atoms with Crippen LogP contribution in [0.2, 0.25) is 0 Å². The predicted molar refractivity (Wildman–Crippen MR) is 220 cm³/mol. The molecule has 2 heterocycles. The zero-order valence-corrected chi connectivity index (χ0v) is 29.3. The van der Waals surface area contributed by atoms with Crippen molar-refractivity contribution in [3.05, 3.63) is 157 Å². The lowest BCUT2D eigenvalue weighted by atomic mass is 9.81. The fraction of sp³-hybridized carbons (Fsp3) is 0.0800. The number of para-hydroxylation sites is 2. The quantitative estimate of drug-likeness (QED) is 0.175. The molecule has 0 fully saturated rings. The van der Waals surface area contributed by atoms with Gasteiger partial charge in [0.25, 0.3) is 0 Å². The molecule has 0 radical (unpaired) electrons. The minimum absolute atomic E-state index is 0.0550. The van der Waals surface area contributed by atoms with E-state index >= 15 is 0 Å². The Labute approximate surface area is 300 Å². The van der Waals surface area contributed by atoms with Crippen LogP contribution in [0.5, 0.6) is 0 Å². The van der Waals surface area contributed by atoms with Crippen molar-refractivity contribution in [1.82, 2.24) is 0 Å². The summed E-state index contributed by atoms with van der Waals surface area (Å²) in [5, 5.41) is 12.3. The molecule has 0 spiro atoms. The van der Waals surface area contributed by atoms with Gasteiger partial charge in [-0.05, 0) is 119 Å². The molecule has 2 nitrogen and oxygen atoms in total. The van der Waals surface area contributed by atoms with E-state index < -0.39 is 0 Å². The number of rotatable bonds is 3. The molecule has 0 unspecified atom stereocenters. The Morgan fingerprint density at radius 1 is 0.346 bits per heavy atom. The second kappa shape index (κ2) is 10.6. The first kappa shape index (κ1) is 29.4. The normalized spacial score (nSPS) is 12.5. The molecule has 9 aromatic carbocycles. The number of hydrogen-bond donors (Lipinski definition) is 0. The van der Waals surface area contributed by atoms with Crippen molar-refractivity contribution in [3.63, 3.8) is 0 Å². The molecule has 11 rings (SSSR count). The van der Waals surface area contributed by atoms with Gasteiger partial charge in [0, 0.05) is 21.5 Å². The van der Waals surface area contributed by atoms with Crippen molar-refractivity contribution in [2.45, 2.75) is 26.2 Å². The second-order valence-corrected chi connectivity index (χ2v) is 15.3. The van der Waals surface area contributed by atoms with Crippen LogP contribution in [-0.2, 0) is 5.41 Å². The second-order valence-electron chi connectivity index (χ2n) is 15.3. The third kappa shape index (κ3) is 4.31. The van der Waals surface area contributed by atoms with E-state index in [1.807, 2.05) is 24.3 Å². The zero-order chi connectivity index (χ0) is 34.7. The van der Waals surface area contributed by atoms with Crippen LogP contribution in [0.1, 0.15) is 26.3 Å². The SMILES string of the molecule is CC(C)(C)c1cc2ccc3c(-c4ccc(-c5ccc6c(c5)oc5ccccc56)cc4)cc(-c4ccc5c(c4)oc4ccccc45)c4ccc(c1)c2c34. The van der Waals surface area contributed by atoms with E-state index in [9.17, 15) is 0 Å². The Bertz CT molecular complexity index is 3180. The summed E-state index contributed by atoms with van der Waals surface area (Å²) in [6, 6.07) is 55.3. The van der Waals surface area contributed by atoms with Crippen LogP contribution in [0.3, 0.4) is 0 Å². The van der Waals surface area contributed by atoms with Crippen LogP contribution in [-0.4, -0.2) is 0 Å². The van der Waals surface area contributed by atoms with Crippen molar-refractivity contribution < 1.29 is 8.83 Å². The molecular formula is C50H34O2. The maximum absolute atomic E-state index is 6.39. The van der Waals surface area contributed by atoms with E-state index in [-0.39, 0.29) is 5.41 Å². The topological polar surface area (TPSA) is 26.3 Å². The first-order valence-electron chi connectivity index (χ1n) is 18.1. The van der Waals surface area contributed by atoms with Crippen molar-refractivity contribution >= 4 is 76.2 Å². The third-order valence-corrected chi connectivity index (χ3v) is 11.2. The van der Waals surface area contributed by atoms with Crippen LogP contribution in [0.15, 0.2) is 160 Å². The highest BCUT2D eigenvalue weighted by atomic mass is 16.3. The molecule has 11 aromatic rings. The van der Waals surface area contributed by atoms with Crippen LogP contribution >= 0.6 is 0 Å². The average Bonchev–Trinajstić information content (AvgIpc) is 3.74. The van der Waals surface area contributed by atoms with Gasteiger partial charge in [0.05, 0.1) is 0 Å². The lowest BCUT2D eigenvalue weighted by Gasteiger charge is -2.23. The smallest absolute Gasteiger partial charge is 0.136 e. The average molecular weight is 667 g/mol. The molecule has 246 valence electrons. The molecule has 0 amide bonds. The number of fused-ring (bicyclic) bond motifs is 6. The van der Waals surface area contributed by atoms with E-state index in [0.717, 1.165) is 60.6 Å². The molecule has 0 atom stereocenters. The van der Waals surface area contributed by atoms with Crippen molar-refractivity contribution in [3.8, 4) is 33.4 Å². The van der Waals surface area contributed by atoms with E-state index in [2.05, 4.69) is 148 Å². The highest BCUT2D eigenvalue weighted by Crippen LogP contribution is 2.46. The van der Waals surface area contributed by atoms with Crippen LogP contribution < -0.4 is 0 Å². The zero-order valence-electron chi connectivity index (χ0n) is 29.3. The van der Waals surface area contributed by atoms with Gasteiger partial charge in [0.15, 0.2) is 0 Å². The fourth-order valence-electron chi connectivity index (χ4n) is 8.47. The van der Waals surface area contributed by atoms with Crippen molar-refractivity contribution in [2.75, 3.05) is 0 Å². The molecule has 0 aliphatic carbocycles. The maximum atomic E-state index is 6.39. The number of benzene rings is 9. The minimum atomic E-state index is 0.0550.